The van der Waals surface area contributed by atoms with Crippen molar-refractivity contribution in [3.05, 3.63) is 53.9 Å². The van der Waals surface area contributed by atoms with E-state index in [1.54, 1.807) is 32.4 Å². The summed E-state index contributed by atoms with van der Waals surface area (Å²) in [5.74, 6) is 1.88. The van der Waals surface area contributed by atoms with Gasteiger partial charge < -0.3 is 19.2 Å². The number of aryl methyl sites for hydroxylation is 2. The van der Waals surface area contributed by atoms with Gasteiger partial charge in [-0.05, 0) is 30.7 Å². The maximum atomic E-state index is 12.3. The highest BCUT2D eigenvalue weighted by molar-refractivity contribution is 5.92. The zero-order valence-electron chi connectivity index (χ0n) is 15.5. The third-order valence-electron chi connectivity index (χ3n) is 4.09. The number of anilines is 1. The number of hydrogen-bond donors (Lipinski definition) is 1. The summed E-state index contributed by atoms with van der Waals surface area (Å²) in [6, 6.07) is 13.0. The first kappa shape index (κ1) is 18.4. The standard InChI is InChI=1S/C20H21N3O4/c1-13-6-4-5-7-15(13)20-23-22-19(27-20)11-10-18(24)21-16-12-14(25-2)8-9-17(16)26-3/h4-9,12H,10-11H2,1-3H3,(H,21,24). The molecule has 0 aliphatic carbocycles. The van der Waals surface area contributed by atoms with Gasteiger partial charge in [0.05, 0.1) is 19.9 Å². The second-order valence-electron chi connectivity index (χ2n) is 5.93. The normalized spacial score (nSPS) is 10.5. The third-order valence-corrected chi connectivity index (χ3v) is 4.09. The molecule has 2 aromatic carbocycles. The number of rotatable bonds is 7. The van der Waals surface area contributed by atoms with Gasteiger partial charge in [-0.15, -0.1) is 10.2 Å². The van der Waals surface area contributed by atoms with Crippen molar-refractivity contribution in [2.75, 3.05) is 19.5 Å². The van der Waals surface area contributed by atoms with Crippen LogP contribution in [0.5, 0.6) is 11.5 Å². The summed E-state index contributed by atoms with van der Waals surface area (Å²) < 4.78 is 16.1. The summed E-state index contributed by atoms with van der Waals surface area (Å²) in [4.78, 5) is 12.3. The van der Waals surface area contributed by atoms with E-state index < -0.39 is 0 Å². The van der Waals surface area contributed by atoms with Gasteiger partial charge in [0.15, 0.2) is 0 Å². The molecular weight excluding hydrogens is 346 g/mol. The largest absolute Gasteiger partial charge is 0.497 e. The van der Waals surface area contributed by atoms with Crippen molar-refractivity contribution in [3.63, 3.8) is 0 Å². The molecule has 7 nitrogen and oxygen atoms in total. The van der Waals surface area contributed by atoms with E-state index in [2.05, 4.69) is 15.5 Å². The van der Waals surface area contributed by atoms with Crippen molar-refractivity contribution in [2.45, 2.75) is 19.8 Å². The first-order chi connectivity index (χ1) is 13.1. The molecule has 140 valence electrons. The first-order valence-electron chi connectivity index (χ1n) is 8.51. The number of carbonyl (C=O) groups is 1. The molecule has 3 aromatic rings. The molecule has 1 aromatic heterocycles. The average molecular weight is 367 g/mol. The minimum Gasteiger partial charge on any atom is -0.497 e. The van der Waals surface area contributed by atoms with Crippen molar-refractivity contribution < 1.29 is 18.7 Å². The Hall–Kier alpha value is -3.35. The van der Waals surface area contributed by atoms with Crippen molar-refractivity contribution in [1.29, 1.82) is 0 Å². The first-order valence-corrected chi connectivity index (χ1v) is 8.51. The molecular formula is C20H21N3O4. The molecule has 27 heavy (non-hydrogen) atoms. The average Bonchev–Trinajstić information content (AvgIpc) is 3.15. The fourth-order valence-corrected chi connectivity index (χ4v) is 2.62. The van der Waals surface area contributed by atoms with Crippen LogP contribution in [0.4, 0.5) is 5.69 Å². The number of aromatic nitrogens is 2. The molecule has 0 fully saturated rings. The molecule has 0 saturated carbocycles. The molecule has 7 heteroatoms. The Balaban J connectivity index is 1.63. The highest BCUT2D eigenvalue weighted by Crippen LogP contribution is 2.29. The van der Waals surface area contributed by atoms with Crippen LogP contribution in [0, 0.1) is 6.92 Å². The van der Waals surface area contributed by atoms with Gasteiger partial charge in [-0.2, -0.15) is 0 Å². The summed E-state index contributed by atoms with van der Waals surface area (Å²) in [5.41, 5.74) is 2.49. The minimum atomic E-state index is -0.183. The molecule has 1 heterocycles. The molecule has 0 aliphatic heterocycles. The van der Waals surface area contributed by atoms with Gasteiger partial charge in [-0.1, -0.05) is 18.2 Å². The van der Waals surface area contributed by atoms with Crippen LogP contribution in [0.1, 0.15) is 17.9 Å². The fourth-order valence-electron chi connectivity index (χ4n) is 2.62. The van der Waals surface area contributed by atoms with Crippen LogP contribution in [-0.2, 0) is 11.2 Å². The number of amides is 1. The zero-order chi connectivity index (χ0) is 19.2. The van der Waals surface area contributed by atoms with Gasteiger partial charge >= 0.3 is 0 Å². The van der Waals surface area contributed by atoms with Crippen molar-refractivity contribution >= 4 is 11.6 Å². The van der Waals surface area contributed by atoms with Gasteiger partial charge in [-0.25, -0.2) is 0 Å². The van der Waals surface area contributed by atoms with Crippen molar-refractivity contribution in [2.24, 2.45) is 0 Å². The van der Waals surface area contributed by atoms with Crippen LogP contribution in [-0.4, -0.2) is 30.3 Å². The Morgan fingerprint density at radius 1 is 1.11 bits per heavy atom. The number of methoxy groups -OCH3 is 2. The van der Waals surface area contributed by atoms with Gasteiger partial charge in [0.1, 0.15) is 11.5 Å². The molecule has 1 amide bonds. The second kappa shape index (κ2) is 8.35. The molecule has 0 radical (unpaired) electrons. The Morgan fingerprint density at radius 3 is 2.67 bits per heavy atom. The van der Waals surface area contributed by atoms with E-state index in [0.29, 0.717) is 35.4 Å². The molecule has 3 rings (SSSR count). The number of benzene rings is 2. The van der Waals surface area contributed by atoms with Gasteiger partial charge in [0.2, 0.25) is 17.7 Å². The van der Waals surface area contributed by atoms with E-state index in [1.807, 2.05) is 31.2 Å². The van der Waals surface area contributed by atoms with Gasteiger partial charge in [0, 0.05) is 24.5 Å². The predicted octanol–water partition coefficient (Wildman–Crippen LogP) is 3.63. The van der Waals surface area contributed by atoms with Gasteiger partial charge in [-0.3, -0.25) is 4.79 Å². The number of nitrogens with one attached hydrogen (secondary N) is 1. The molecule has 0 bridgehead atoms. The quantitative estimate of drug-likeness (QED) is 0.686. The monoisotopic (exact) mass is 367 g/mol. The molecule has 0 unspecified atom stereocenters. The van der Waals surface area contributed by atoms with E-state index in [1.165, 1.54) is 0 Å². The lowest BCUT2D eigenvalue weighted by Crippen LogP contribution is -2.13. The fraction of sp³-hybridized carbons (Fsp3) is 0.250. The SMILES string of the molecule is COc1ccc(OC)c(NC(=O)CCc2nnc(-c3ccccc3C)o2)c1. The minimum absolute atomic E-state index is 0.183. The molecule has 0 aliphatic rings. The number of hydrogen-bond acceptors (Lipinski definition) is 6. The Morgan fingerprint density at radius 2 is 1.93 bits per heavy atom. The third kappa shape index (κ3) is 4.44. The van der Waals surface area contributed by atoms with Crippen LogP contribution < -0.4 is 14.8 Å². The van der Waals surface area contributed by atoms with E-state index in [4.69, 9.17) is 13.9 Å². The molecule has 1 N–H and O–H groups in total. The predicted molar refractivity (Wildman–Crippen MR) is 101 cm³/mol. The summed E-state index contributed by atoms with van der Waals surface area (Å²) in [6.07, 6.45) is 0.548. The zero-order valence-corrected chi connectivity index (χ0v) is 15.5. The van der Waals surface area contributed by atoms with Crippen LogP contribution >= 0.6 is 0 Å². The van der Waals surface area contributed by atoms with E-state index in [0.717, 1.165) is 11.1 Å². The number of nitrogens with zero attached hydrogens (tertiary/aromatic N) is 2. The molecule has 0 atom stereocenters. The number of ether oxygens (including phenoxy) is 2. The van der Waals surface area contributed by atoms with E-state index >= 15 is 0 Å². The maximum absolute atomic E-state index is 12.3. The highest BCUT2D eigenvalue weighted by Gasteiger charge is 2.13. The van der Waals surface area contributed by atoms with Gasteiger partial charge in [0.25, 0.3) is 0 Å². The lowest BCUT2D eigenvalue weighted by atomic mass is 10.1. The lowest BCUT2D eigenvalue weighted by Gasteiger charge is -2.11. The van der Waals surface area contributed by atoms with E-state index in [9.17, 15) is 4.79 Å². The Labute approximate surface area is 157 Å². The van der Waals surface area contributed by atoms with Crippen LogP contribution in [0.25, 0.3) is 11.5 Å². The summed E-state index contributed by atoms with van der Waals surface area (Å²) in [5, 5.41) is 10.9. The molecule has 0 saturated heterocycles. The van der Waals surface area contributed by atoms with Crippen LogP contribution in [0.2, 0.25) is 0 Å². The topological polar surface area (TPSA) is 86.5 Å². The summed E-state index contributed by atoms with van der Waals surface area (Å²) in [7, 11) is 3.11. The van der Waals surface area contributed by atoms with Crippen LogP contribution in [0.3, 0.4) is 0 Å². The van der Waals surface area contributed by atoms with Crippen molar-refractivity contribution in [3.8, 4) is 23.0 Å². The van der Waals surface area contributed by atoms with Crippen LogP contribution in [0.15, 0.2) is 46.9 Å². The second-order valence-corrected chi connectivity index (χ2v) is 5.93. The molecule has 0 spiro atoms. The maximum Gasteiger partial charge on any atom is 0.247 e. The Kier molecular flexibility index (Phi) is 5.71. The summed E-state index contributed by atoms with van der Waals surface area (Å²) >= 11 is 0. The lowest BCUT2D eigenvalue weighted by molar-refractivity contribution is -0.116. The van der Waals surface area contributed by atoms with Crippen molar-refractivity contribution in [1.82, 2.24) is 10.2 Å². The summed E-state index contributed by atoms with van der Waals surface area (Å²) in [6.45, 7) is 1.98. The smallest absolute Gasteiger partial charge is 0.247 e. The van der Waals surface area contributed by atoms with E-state index in [-0.39, 0.29) is 12.3 Å². The Bertz CT molecular complexity index is 936. The highest BCUT2D eigenvalue weighted by atomic mass is 16.5. The number of carbonyl (C=O) groups excluding carboxylic acids is 1.